The summed E-state index contributed by atoms with van der Waals surface area (Å²) in [7, 11) is 0. The lowest BCUT2D eigenvalue weighted by Gasteiger charge is -2.45. The largest absolute Gasteiger partial charge is 0.352 e. The molecule has 3 heterocycles. The van der Waals surface area contributed by atoms with E-state index in [1.165, 1.54) is 6.42 Å². The van der Waals surface area contributed by atoms with Gasteiger partial charge in [-0.25, -0.2) is 13.2 Å². The van der Waals surface area contributed by atoms with Crippen molar-refractivity contribution in [3.63, 3.8) is 0 Å². The van der Waals surface area contributed by atoms with Crippen LogP contribution in [0.4, 0.5) is 13.2 Å². The second-order valence-electron chi connectivity index (χ2n) is 12.2. The number of carbonyl (C=O) groups is 1. The first-order valence-electron chi connectivity index (χ1n) is 13.8. The first kappa shape index (κ1) is 24.8. The van der Waals surface area contributed by atoms with Gasteiger partial charge in [0.15, 0.2) is 0 Å². The summed E-state index contributed by atoms with van der Waals surface area (Å²) >= 11 is 0. The Hall–Kier alpha value is -0.860. The van der Waals surface area contributed by atoms with Crippen LogP contribution in [-0.2, 0) is 4.79 Å². The summed E-state index contributed by atoms with van der Waals surface area (Å²) in [4.78, 5) is 17.6. The van der Waals surface area contributed by atoms with E-state index in [4.69, 9.17) is 0 Å². The molecule has 194 valence electrons. The third-order valence-corrected chi connectivity index (χ3v) is 9.94. The van der Waals surface area contributed by atoms with Gasteiger partial charge in [0.2, 0.25) is 5.91 Å². The molecule has 2 aliphatic carbocycles. The molecule has 8 heteroatoms. The van der Waals surface area contributed by atoms with Crippen LogP contribution in [0.25, 0.3) is 0 Å². The van der Waals surface area contributed by atoms with Gasteiger partial charge in [-0.05, 0) is 95.2 Å². The first-order chi connectivity index (χ1) is 16.3. The number of likely N-dealkylation sites (tertiary alicyclic amines) is 2. The highest BCUT2D eigenvalue weighted by Crippen LogP contribution is 2.42. The Morgan fingerprint density at radius 1 is 1.09 bits per heavy atom. The third-order valence-electron chi connectivity index (χ3n) is 9.94. The molecule has 2 saturated carbocycles. The maximum atomic E-state index is 14.4. The third kappa shape index (κ3) is 5.29. The van der Waals surface area contributed by atoms with Crippen LogP contribution in [0.2, 0.25) is 0 Å². The Labute approximate surface area is 202 Å². The molecule has 5 fully saturated rings. The smallest absolute Gasteiger partial charge is 0.251 e. The second-order valence-corrected chi connectivity index (χ2v) is 12.2. The van der Waals surface area contributed by atoms with E-state index in [0.29, 0.717) is 24.8 Å². The molecule has 5 nitrogen and oxygen atoms in total. The number of nitrogens with one attached hydrogen (secondary N) is 2. The molecule has 0 aromatic heterocycles. The van der Waals surface area contributed by atoms with Gasteiger partial charge in [0, 0.05) is 30.6 Å². The van der Waals surface area contributed by atoms with E-state index < -0.39 is 12.6 Å². The molecule has 0 aromatic carbocycles. The molecule has 0 aromatic rings. The Bertz CT molecular complexity index is 698. The molecular formula is C26H43F3N4O. The summed E-state index contributed by atoms with van der Waals surface area (Å²) in [5, 5.41) is 6.78. The van der Waals surface area contributed by atoms with Crippen molar-refractivity contribution in [2.45, 2.75) is 108 Å². The average molecular weight is 485 g/mol. The van der Waals surface area contributed by atoms with Crippen molar-refractivity contribution < 1.29 is 18.0 Å². The number of amides is 1. The Balaban J connectivity index is 1.09. The number of carbonyl (C=O) groups excluding carboxylic acids is 1. The molecule has 3 aliphatic heterocycles. The van der Waals surface area contributed by atoms with Gasteiger partial charge in [0.1, 0.15) is 6.17 Å². The van der Waals surface area contributed by atoms with E-state index in [0.717, 1.165) is 71.1 Å². The molecule has 0 radical (unpaired) electrons. The number of fused-ring (bicyclic) bond motifs is 1. The van der Waals surface area contributed by atoms with Gasteiger partial charge in [-0.3, -0.25) is 9.69 Å². The van der Waals surface area contributed by atoms with Crippen molar-refractivity contribution in [3.8, 4) is 0 Å². The number of alkyl halides is 3. The number of rotatable bonds is 5. The summed E-state index contributed by atoms with van der Waals surface area (Å²) in [6.07, 6.45) is 6.65. The minimum absolute atomic E-state index is 0.0218. The van der Waals surface area contributed by atoms with Crippen LogP contribution in [0.15, 0.2) is 0 Å². The van der Waals surface area contributed by atoms with E-state index >= 15 is 0 Å². The van der Waals surface area contributed by atoms with E-state index in [1.807, 2.05) is 4.90 Å². The molecule has 5 aliphatic rings. The zero-order valence-corrected chi connectivity index (χ0v) is 20.7. The number of piperidine rings is 1. The van der Waals surface area contributed by atoms with E-state index in [2.05, 4.69) is 22.5 Å². The van der Waals surface area contributed by atoms with Gasteiger partial charge in [0.05, 0.1) is 12.6 Å². The monoisotopic (exact) mass is 484 g/mol. The summed E-state index contributed by atoms with van der Waals surface area (Å²) < 4.78 is 40.0. The Kier molecular flexibility index (Phi) is 7.48. The molecule has 34 heavy (non-hydrogen) atoms. The van der Waals surface area contributed by atoms with E-state index in [9.17, 15) is 18.0 Å². The molecule has 1 spiro atoms. The minimum atomic E-state index is -2.24. The second kappa shape index (κ2) is 10.3. The number of halogens is 3. The van der Waals surface area contributed by atoms with Crippen molar-refractivity contribution in [1.82, 2.24) is 20.4 Å². The topological polar surface area (TPSA) is 47.6 Å². The van der Waals surface area contributed by atoms with Gasteiger partial charge < -0.3 is 15.5 Å². The Morgan fingerprint density at radius 3 is 2.59 bits per heavy atom. The van der Waals surface area contributed by atoms with Gasteiger partial charge in [-0.15, -0.1) is 0 Å². The summed E-state index contributed by atoms with van der Waals surface area (Å²) in [6, 6.07) is 0.552. The number of nitrogens with zero attached hydrogens (tertiary/aromatic N) is 2. The molecule has 3 saturated heterocycles. The molecule has 1 amide bonds. The van der Waals surface area contributed by atoms with Crippen LogP contribution >= 0.6 is 0 Å². The number of hydrogen-bond acceptors (Lipinski definition) is 4. The van der Waals surface area contributed by atoms with Crippen molar-refractivity contribution in [3.05, 3.63) is 0 Å². The quantitative estimate of drug-likeness (QED) is 0.626. The van der Waals surface area contributed by atoms with Crippen LogP contribution in [-0.4, -0.2) is 85.2 Å². The van der Waals surface area contributed by atoms with Crippen LogP contribution in [0, 0.1) is 17.3 Å². The Morgan fingerprint density at radius 2 is 1.85 bits per heavy atom. The molecule has 7 unspecified atom stereocenters. The minimum Gasteiger partial charge on any atom is -0.352 e. The maximum absolute atomic E-state index is 14.4. The van der Waals surface area contributed by atoms with Crippen molar-refractivity contribution in [1.29, 1.82) is 0 Å². The van der Waals surface area contributed by atoms with E-state index in [1.54, 1.807) is 0 Å². The van der Waals surface area contributed by atoms with E-state index in [-0.39, 0.29) is 41.9 Å². The van der Waals surface area contributed by atoms with Crippen LogP contribution in [0.1, 0.15) is 71.1 Å². The lowest BCUT2D eigenvalue weighted by molar-refractivity contribution is -0.124. The number of hydrogen-bond donors (Lipinski definition) is 2. The lowest BCUT2D eigenvalue weighted by Crippen LogP contribution is -2.53. The van der Waals surface area contributed by atoms with Gasteiger partial charge in [-0.1, -0.05) is 6.92 Å². The summed E-state index contributed by atoms with van der Waals surface area (Å²) in [5.74, 6) is 0.465. The summed E-state index contributed by atoms with van der Waals surface area (Å²) in [6.45, 7) is 5.79. The highest BCUT2D eigenvalue weighted by Gasteiger charge is 2.47. The van der Waals surface area contributed by atoms with Crippen molar-refractivity contribution >= 4 is 5.91 Å². The van der Waals surface area contributed by atoms with Crippen LogP contribution in [0.3, 0.4) is 0 Å². The predicted octanol–water partition coefficient (Wildman–Crippen LogP) is 3.58. The predicted molar refractivity (Wildman–Crippen MR) is 127 cm³/mol. The fraction of sp³-hybridized carbons (Fsp3) is 0.962. The van der Waals surface area contributed by atoms with Gasteiger partial charge in [-0.2, -0.15) is 0 Å². The zero-order valence-electron chi connectivity index (χ0n) is 20.7. The maximum Gasteiger partial charge on any atom is 0.251 e. The first-order valence-corrected chi connectivity index (χ1v) is 13.8. The standard InChI is InChI=1S/C26H43F3N4O/c1-17-5-6-21(27)20-14-22(31-24(17)20)25(34)30-18-3-2-4-19(13-18)33-11-8-26(9-12-33)7-10-32(16-26)15-23(28)29/h17-24,31H,2-16H2,1H3,(H,30,34). The molecule has 0 bridgehead atoms. The highest BCUT2D eigenvalue weighted by molar-refractivity contribution is 5.82. The normalized spacial score (nSPS) is 41.1. The summed E-state index contributed by atoms with van der Waals surface area (Å²) in [5.41, 5.74) is 0.226. The lowest BCUT2D eigenvalue weighted by atomic mass is 9.76. The zero-order chi connectivity index (χ0) is 23.9. The van der Waals surface area contributed by atoms with Crippen LogP contribution in [0.5, 0.6) is 0 Å². The fourth-order valence-corrected chi connectivity index (χ4v) is 7.88. The SMILES string of the molecule is CC1CCC(F)C2CC(C(=O)NC3CCCC(N4CCC5(CCN(CC(F)F)C5)CC4)C3)NC12. The fourth-order valence-electron chi connectivity index (χ4n) is 7.88. The van der Waals surface area contributed by atoms with Crippen molar-refractivity contribution in [2.75, 3.05) is 32.7 Å². The highest BCUT2D eigenvalue weighted by atomic mass is 19.3. The van der Waals surface area contributed by atoms with Gasteiger partial charge >= 0.3 is 0 Å². The molecule has 7 atom stereocenters. The van der Waals surface area contributed by atoms with Crippen molar-refractivity contribution in [2.24, 2.45) is 17.3 Å². The molecular weight excluding hydrogens is 441 g/mol. The van der Waals surface area contributed by atoms with Crippen LogP contribution < -0.4 is 10.6 Å². The molecule has 2 N–H and O–H groups in total. The van der Waals surface area contributed by atoms with Gasteiger partial charge in [0.25, 0.3) is 6.43 Å². The average Bonchev–Trinajstić information content (AvgIpc) is 3.43. The molecule has 5 rings (SSSR count).